The average Bonchev–Trinajstić information content (AvgIpc) is 2.84. The SMILES string of the molecule is CCOC(=O)/C(C=NCCCCCCCCNc1c2c(nc3ccccc13)CCCC2)=C(\C)O. The van der Waals surface area contributed by atoms with Crippen LogP contribution >= 0.6 is 0 Å². The number of aliphatic hydroxyl groups is 1. The minimum Gasteiger partial charge on any atom is -0.512 e. The number of nitrogens with one attached hydrogen (secondary N) is 1. The fourth-order valence-corrected chi connectivity index (χ4v) is 4.48. The number of esters is 1. The van der Waals surface area contributed by atoms with Crippen molar-refractivity contribution in [2.24, 2.45) is 4.99 Å². The number of carbonyl (C=O) groups is 1. The smallest absolute Gasteiger partial charge is 0.343 e. The van der Waals surface area contributed by atoms with Crippen molar-refractivity contribution in [3.63, 3.8) is 0 Å². The summed E-state index contributed by atoms with van der Waals surface area (Å²) in [6.45, 7) is 5.13. The van der Waals surface area contributed by atoms with Crippen LogP contribution in [0.15, 0.2) is 40.6 Å². The first kappa shape index (κ1) is 25.7. The first-order valence-corrected chi connectivity index (χ1v) is 12.8. The molecule has 0 fully saturated rings. The van der Waals surface area contributed by atoms with Gasteiger partial charge < -0.3 is 15.2 Å². The van der Waals surface area contributed by atoms with Gasteiger partial charge in [0.05, 0.1) is 12.1 Å². The highest BCUT2D eigenvalue weighted by molar-refractivity contribution is 6.09. The summed E-state index contributed by atoms with van der Waals surface area (Å²) < 4.78 is 4.93. The molecule has 184 valence electrons. The van der Waals surface area contributed by atoms with E-state index in [2.05, 4.69) is 34.6 Å². The fourth-order valence-electron chi connectivity index (χ4n) is 4.48. The maximum atomic E-state index is 11.8. The summed E-state index contributed by atoms with van der Waals surface area (Å²) in [7, 11) is 0. The van der Waals surface area contributed by atoms with E-state index in [1.165, 1.54) is 67.6 Å². The van der Waals surface area contributed by atoms with E-state index in [-0.39, 0.29) is 17.9 Å². The summed E-state index contributed by atoms with van der Waals surface area (Å²) in [5.74, 6) is -0.587. The van der Waals surface area contributed by atoms with E-state index < -0.39 is 5.97 Å². The molecule has 3 rings (SSSR count). The van der Waals surface area contributed by atoms with Crippen LogP contribution < -0.4 is 5.32 Å². The summed E-state index contributed by atoms with van der Waals surface area (Å²) in [4.78, 5) is 21.0. The number of aliphatic imine (C=N–C) groups is 1. The Hall–Kier alpha value is -2.89. The minimum atomic E-state index is -0.528. The fraction of sp³-hybridized carbons (Fsp3) is 0.536. The lowest BCUT2D eigenvalue weighted by atomic mass is 9.92. The molecule has 34 heavy (non-hydrogen) atoms. The molecule has 2 N–H and O–H groups in total. The number of ether oxygens (including phenoxy) is 1. The molecule has 1 aromatic carbocycles. The van der Waals surface area contributed by atoms with E-state index in [9.17, 15) is 9.90 Å². The lowest BCUT2D eigenvalue weighted by molar-refractivity contribution is -0.138. The Bertz CT molecular complexity index is 1010. The zero-order chi connectivity index (χ0) is 24.2. The van der Waals surface area contributed by atoms with Gasteiger partial charge in [-0.3, -0.25) is 9.98 Å². The Kier molecular flexibility index (Phi) is 10.4. The van der Waals surface area contributed by atoms with Gasteiger partial charge in [-0.15, -0.1) is 0 Å². The van der Waals surface area contributed by atoms with Crippen molar-refractivity contribution in [2.75, 3.05) is 25.0 Å². The maximum Gasteiger partial charge on any atom is 0.343 e. The van der Waals surface area contributed by atoms with Crippen LogP contribution in [0.3, 0.4) is 0 Å². The standard InChI is InChI=1S/C28H39N3O3/c1-3-34-28(33)24(21(2)32)20-29-18-12-6-4-5-7-13-19-30-27-22-14-8-10-16-25(22)31-26-17-11-9-15-23(26)27/h8,10,14,16,20,32H,3-7,9,11-13,15,17-19H2,1-2H3,(H,30,31)/b24-21+,29-20?. The summed E-state index contributed by atoms with van der Waals surface area (Å²) in [6, 6.07) is 8.49. The van der Waals surface area contributed by atoms with Crippen LogP contribution in [-0.4, -0.2) is 42.0 Å². The number of unbranched alkanes of at least 4 members (excludes halogenated alkanes) is 5. The highest BCUT2D eigenvalue weighted by Crippen LogP contribution is 2.33. The quantitative estimate of drug-likeness (QED) is 0.119. The van der Waals surface area contributed by atoms with Crippen LogP contribution in [0.4, 0.5) is 5.69 Å². The predicted octanol–water partition coefficient (Wildman–Crippen LogP) is 6.33. The van der Waals surface area contributed by atoms with Gasteiger partial charge >= 0.3 is 5.97 Å². The molecule has 0 saturated carbocycles. The number of fused-ring (bicyclic) bond motifs is 2. The topological polar surface area (TPSA) is 83.8 Å². The number of hydrogen-bond acceptors (Lipinski definition) is 6. The molecular weight excluding hydrogens is 426 g/mol. The molecule has 6 heteroatoms. The van der Waals surface area contributed by atoms with Gasteiger partial charge in [-0.25, -0.2) is 4.79 Å². The highest BCUT2D eigenvalue weighted by Gasteiger charge is 2.17. The second kappa shape index (κ2) is 13.7. The van der Waals surface area contributed by atoms with Crippen molar-refractivity contribution in [1.82, 2.24) is 4.98 Å². The first-order chi connectivity index (χ1) is 16.6. The highest BCUT2D eigenvalue weighted by atomic mass is 16.5. The lowest BCUT2D eigenvalue weighted by Crippen LogP contribution is -2.12. The maximum absolute atomic E-state index is 11.8. The van der Waals surface area contributed by atoms with Crippen molar-refractivity contribution in [3.05, 3.63) is 46.9 Å². The molecule has 0 amide bonds. The zero-order valence-electron chi connectivity index (χ0n) is 20.7. The Morgan fingerprint density at radius 3 is 2.65 bits per heavy atom. The van der Waals surface area contributed by atoms with Gasteiger partial charge in [-0.05, 0) is 64.0 Å². The number of anilines is 1. The molecule has 0 atom stereocenters. The number of carbonyl (C=O) groups excluding carboxylic acids is 1. The van der Waals surface area contributed by atoms with Gasteiger partial charge in [0.2, 0.25) is 0 Å². The normalized spacial score (nSPS) is 14.2. The molecule has 1 heterocycles. The van der Waals surface area contributed by atoms with E-state index in [1.54, 1.807) is 6.92 Å². The molecule has 1 aliphatic carbocycles. The van der Waals surface area contributed by atoms with Gasteiger partial charge in [0, 0.05) is 36.1 Å². The van der Waals surface area contributed by atoms with Crippen LogP contribution in [0.25, 0.3) is 10.9 Å². The minimum absolute atomic E-state index is 0.0592. The Morgan fingerprint density at radius 1 is 1.12 bits per heavy atom. The zero-order valence-corrected chi connectivity index (χ0v) is 20.7. The van der Waals surface area contributed by atoms with Crippen LogP contribution in [0.1, 0.15) is 76.5 Å². The number of hydrogen-bond donors (Lipinski definition) is 2. The van der Waals surface area contributed by atoms with E-state index in [4.69, 9.17) is 9.72 Å². The number of aromatic nitrogens is 1. The molecule has 0 unspecified atom stereocenters. The predicted molar refractivity (Wildman–Crippen MR) is 140 cm³/mol. The Morgan fingerprint density at radius 2 is 1.85 bits per heavy atom. The van der Waals surface area contributed by atoms with E-state index in [1.807, 2.05) is 0 Å². The third-order valence-corrected chi connectivity index (χ3v) is 6.29. The molecule has 0 aliphatic heterocycles. The molecule has 0 saturated heterocycles. The van der Waals surface area contributed by atoms with Gasteiger partial charge in [0.1, 0.15) is 11.3 Å². The molecule has 0 radical (unpaired) electrons. The van der Waals surface area contributed by atoms with Gasteiger partial charge in [0.25, 0.3) is 0 Å². The summed E-state index contributed by atoms with van der Waals surface area (Å²) in [5, 5.41) is 14.6. The number of aryl methyl sites for hydroxylation is 1. The summed E-state index contributed by atoms with van der Waals surface area (Å²) in [5.41, 5.74) is 5.27. The molecule has 1 aliphatic rings. The van der Waals surface area contributed by atoms with Crippen LogP contribution in [0.5, 0.6) is 0 Å². The molecule has 6 nitrogen and oxygen atoms in total. The van der Waals surface area contributed by atoms with Crippen molar-refractivity contribution in [1.29, 1.82) is 0 Å². The third-order valence-electron chi connectivity index (χ3n) is 6.29. The average molecular weight is 466 g/mol. The first-order valence-electron chi connectivity index (χ1n) is 12.8. The monoisotopic (exact) mass is 465 g/mol. The van der Waals surface area contributed by atoms with Gasteiger partial charge in [0.15, 0.2) is 0 Å². The van der Waals surface area contributed by atoms with E-state index >= 15 is 0 Å². The number of rotatable bonds is 13. The Balaban J connectivity index is 1.34. The number of nitrogens with zero attached hydrogens (tertiary/aromatic N) is 2. The van der Waals surface area contributed by atoms with E-state index in [0.717, 1.165) is 44.2 Å². The van der Waals surface area contributed by atoms with Gasteiger partial charge in [-0.1, -0.05) is 43.9 Å². The van der Waals surface area contributed by atoms with Crippen LogP contribution in [0, 0.1) is 0 Å². The molecule has 0 bridgehead atoms. The van der Waals surface area contributed by atoms with Crippen molar-refractivity contribution in [3.8, 4) is 0 Å². The van der Waals surface area contributed by atoms with Crippen molar-refractivity contribution >= 4 is 28.8 Å². The molecule has 0 spiro atoms. The van der Waals surface area contributed by atoms with Crippen LogP contribution in [-0.2, 0) is 22.4 Å². The molecular formula is C28H39N3O3. The lowest BCUT2D eigenvalue weighted by Gasteiger charge is -2.21. The van der Waals surface area contributed by atoms with Crippen molar-refractivity contribution < 1.29 is 14.6 Å². The number of benzene rings is 1. The Labute approximate surface area is 203 Å². The second-order valence-corrected chi connectivity index (χ2v) is 8.94. The third kappa shape index (κ3) is 7.31. The van der Waals surface area contributed by atoms with E-state index in [0.29, 0.717) is 6.54 Å². The van der Waals surface area contributed by atoms with Gasteiger partial charge in [-0.2, -0.15) is 0 Å². The summed E-state index contributed by atoms with van der Waals surface area (Å²) >= 11 is 0. The number of pyridine rings is 1. The molecule has 2 aromatic rings. The summed E-state index contributed by atoms with van der Waals surface area (Å²) in [6.07, 6.45) is 13.0. The largest absolute Gasteiger partial charge is 0.512 e. The molecule has 1 aromatic heterocycles. The van der Waals surface area contributed by atoms with Crippen molar-refractivity contribution in [2.45, 2.75) is 78.1 Å². The second-order valence-electron chi connectivity index (χ2n) is 8.94. The van der Waals surface area contributed by atoms with Crippen LogP contribution in [0.2, 0.25) is 0 Å². The number of allylic oxidation sites excluding steroid dienone is 1. The number of aliphatic hydroxyl groups excluding tert-OH is 1. The number of para-hydroxylation sites is 1.